The Hall–Kier alpha value is -1.98. The van der Waals surface area contributed by atoms with Crippen molar-refractivity contribution >= 4 is 17.6 Å². The van der Waals surface area contributed by atoms with Crippen molar-refractivity contribution in [2.75, 3.05) is 23.7 Å². The van der Waals surface area contributed by atoms with Gasteiger partial charge in [-0.1, -0.05) is 0 Å². The van der Waals surface area contributed by atoms with Gasteiger partial charge in [0.15, 0.2) is 11.6 Å². The van der Waals surface area contributed by atoms with Gasteiger partial charge in [-0.15, -0.1) is 0 Å². The molecule has 1 fully saturated rings. The van der Waals surface area contributed by atoms with Crippen molar-refractivity contribution in [2.45, 2.75) is 12.8 Å². The summed E-state index contributed by atoms with van der Waals surface area (Å²) in [5.74, 6) is -0.191. The lowest BCUT2D eigenvalue weighted by molar-refractivity contribution is -0.142. The number of pyridine rings is 1. The zero-order valence-corrected chi connectivity index (χ0v) is 9.33. The number of nitrogens with two attached hydrogens (primary N) is 1. The SMILES string of the molecule is Nc1ccc(O)c(N2CCC(C(=O)O)CC2)n1. The highest BCUT2D eigenvalue weighted by atomic mass is 16.4. The van der Waals surface area contributed by atoms with Gasteiger partial charge in [-0.3, -0.25) is 4.79 Å². The average molecular weight is 237 g/mol. The molecular formula is C11H15N3O3. The highest BCUT2D eigenvalue weighted by molar-refractivity contribution is 5.70. The molecule has 2 heterocycles. The van der Waals surface area contributed by atoms with E-state index in [-0.39, 0.29) is 11.7 Å². The van der Waals surface area contributed by atoms with Crippen LogP contribution in [-0.4, -0.2) is 34.3 Å². The number of aromatic hydroxyl groups is 1. The summed E-state index contributed by atoms with van der Waals surface area (Å²) in [6.45, 7) is 1.14. The molecule has 0 atom stereocenters. The van der Waals surface area contributed by atoms with Crippen LogP contribution in [0, 0.1) is 5.92 Å². The van der Waals surface area contributed by atoms with Gasteiger partial charge in [0.2, 0.25) is 0 Å². The summed E-state index contributed by atoms with van der Waals surface area (Å²) in [5, 5.41) is 18.6. The molecule has 2 rings (SSSR count). The molecule has 0 radical (unpaired) electrons. The van der Waals surface area contributed by atoms with E-state index in [1.165, 1.54) is 12.1 Å². The standard InChI is InChI=1S/C11H15N3O3/c12-9-2-1-8(15)10(13-9)14-5-3-7(4-6-14)11(16)17/h1-2,7,15H,3-6H2,(H2,12,13)(H,16,17). The van der Waals surface area contributed by atoms with E-state index in [2.05, 4.69) is 4.98 Å². The number of nitrogen functional groups attached to an aromatic ring is 1. The van der Waals surface area contributed by atoms with Crippen molar-refractivity contribution in [1.29, 1.82) is 0 Å². The smallest absolute Gasteiger partial charge is 0.306 e. The molecule has 0 saturated carbocycles. The maximum atomic E-state index is 10.8. The minimum absolute atomic E-state index is 0.0768. The second-order valence-corrected chi connectivity index (χ2v) is 4.18. The monoisotopic (exact) mass is 237 g/mol. The van der Waals surface area contributed by atoms with Gasteiger partial charge in [0.1, 0.15) is 5.82 Å². The Balaban J connectivity index is 2.10. The summed E-state index contributed by atoms with van der Waals surface area (Å²) in [4.78, 5) is 16.8. The van der Waals surface area contributed by atoms with E-state index < -0.39 is 5.97 Å². The molecule has 0 aromatic carbocycles. The molecular weight excluding hydrogens is 222 g/mol. The van der Waals surface area contributed by atoms with E-state index in [4.69, 9.17) is 10.8 Å². The summed E-state index contributed by atoms with van der Waals surface area (Å²) < 4.78 is 0. The van der Waals surface area contributed by atoms with Crippen molar-refractivity contribution in [2.24, 2.45) is 5.92 Å². The van der Waals surface area contributed by atoms with E-state index in [0.717, 1.165) is 0 Å². The van der Waals surface area contributed by atoms with Gasteiger partial charge in [-0.25, -0.2) is 4.98 Å². The fraction of sp³-hybridized carbons (Fsp3) is 0.455. The zero-order chi connectivity index (χ0) is 12.4. The molecule has 0 unspecified atom stereocenters. The first-order valence-corrected chi connectivity index (χ1v) is 5.51. The van der Waals surface area contributed by atoms with Crippen LogP contribution in [0.15, 0.2) is 12.1 Å². The van der Waals surface area contributed by atoms with Crippen molar-refractivity contribution in [3.05, 3.63) is 12.1 Å². The maximum Gasteiger partial charge on any atom is 0.306 e. The molecule has 1 aliphatic heterocycles. The number of aliphatic carboxylic acids is 1. The van der Waals surface area contributed by atoms with Crippen LogP contribution in [0.25, 0.3) is 0 Å². The fourth-order valence-corrected chi connectivity index (χ4v) is 2.03. The number of carboxylic acids is 1. The molecule has 0 aliphatic carbocycles. The predicted molar refractivity (Wildman–Crippen MR) is 62.9 cm³/mol. The molecule has 17 heavy (non-hydrogen) atoms. The summed E-state index contributed by atoms with van der Waals surface area (Å²) in [6, 6.07) is 3.03. The predicted octanol–water partition coefficient (Wildman–Crippen LogP) is 0.670. The second-order valence-electron chi connectivity index (χ2n) is 4.18. The largest absolute Gasteiger partial charge is 0.504 e. The third-order valence-corrected chi connectivity index (χ3v) is 3.02. The van der Waals surface area contributed by atoms with Crippen LogP contribution in [0.3, 0.4) is 0 Å². The topological polar surface area (TPSA) is 99.7 Å². The van der Waals surface area contributed by atoms with Gasteiger partial charge in [-0.05, 0) is 25.0 Å². The molecule has 6 nitrogen and oxygen atoms in total. The van der Waals surface area contributed by atoms with Gasteiger partial charge >= 0.3 is 5.97 Å². The van der Waals surface area contributed by atoms with E-state index in [1.54, 1.807) is 0 Å². The van der Waals surface area contributed by atoms with Crippen molar-refractivity contribution in [3.63, 3.8) is 0 Å². The molecule has 1 aromatic rings. The Bertz CT molecular complexity index is 428. The highest BCUT2D eigenvalue weighted by Gasteiger charge is 2.26. The molecule has 1 saturated heterocycles. The summed E-state index contributed by atoms with van der Waals surface area (Å²) >= 11 is 0. The molecule has 0 amide bonds. The summed E-state index contributed by atoms with van der Waals surface area (Å²) in [7, 11) is 0. The number of hydrogen-bond donors (Lipinski definition) is 3. The summed E-state index contributed by atoms with van der Waals surface area (Å²) in [5.41, 5.74) is 5.57. The highest BCUT2D eigenvalue weighted by Crippen LogP contribution is 2.29. The van der Waals surface area contributed by atoms with Gasteiger partial charge in [0, 0.05) is 13.1 Å². The van der Waals surface area contributed by atoms with E-state index in [0.29, 0.717) is 37.6 Å². The van der Waals surface area contributed by atoms with Crippen molar-refractivity contribution < 1.29 is 15.0 Å². The van der Waals surface area contributed by atoms with Gasteiger partial charge in [0.25, 0.3) is 0 Å². The third kappa shape index (κ3) is 2.41. The van der Waals surface area contributed by atoms with Gasteiger partial charge < -0.3 is 20.8 Å². The lowest BCUT2D eigenvalue weighted by atomic mass is 9.97. The van der Waals surface area contributed by atoms with Gasteiger partial charge in [0.05, 0.1) is 5.92 Å². The molecule has 0 spiro atoms. The normalized spacial score (nSPS) is 17.1. The van der Waals surface area contributed by atoms with Gasteiger partial charge in [-0.2, -0.15) is 0 Å². The van der Waals surface area contributed by atoms with E-state index in [9.17, 15) is 9.90 Å². The Labute approximate surface area is 98.7 Å². The van der Waals surface area contributed by atoms with Crippen LogP contribution in [0.1, 0.15) is 12.8 Å². The number of carbonyl (C=O) groups is 1. The quantitative estimate of drug-likeness (QED) is 0.699. The number of carboxylic acid groups (broad SMARTS) is 1. The maximum absolute atomic E-state index is 10.8. The molecule has 0 bridgehead atoms. The second kappa shape index (κ2) is 4.48. The lowest BCUT2D eigenvalue weighted by Crippen LogP contribution is -2.36. The number of piperidine rings is 1. The third-order valence-electron chi connectivity index (χ3n) is 3.02. The molecule has 1 aromatic heterocycles. The van der Waals surface area contributed by atoms with Crippen LogP contribution in [0.4, 0.5) is 11.6 Å². The van der Waals surface area contributed by atoms with Crippen LogP contribution < -0.4 is 10.6 Å². The van der Waals surface area contributed by atoms with E-state index >= 15 is 0 Å². The first-order chi connectivity index (χ1) is 8.08. The number of anilines is 2. The first-order valence-electron chi connectivity index (χ1n) is 5.51. The first kappa shape index (κ1) is 11.5. The fourth-order valence-electron chi connectivity index (χ4n) is 2.03. The van der Waals surface area contributed by atoms with E-state index in [1.807, 2.05) is 4.90 Å². The summed E-state index contributed by atoms with van der Waals surface area (Å²) in [6.07, 6.45) is 1.12. The van der Waals surface area contributed by atoms with Crippen LogP contribution >= 0.6 is 0 Å². The average Bonchev–Trinajstić information content (AvgIpc) is 2.32. The van der Waals surface area contributed by atoms with Crippen LogP contribution in [0.2, 0.25) is 0 Å². The molecule has 1 aliphatic rings. The Kier molecular flexibility index (Phi) is 3.03. The zero-order valence-electron chi connectivity index (χ0n) is 9.33. The molecule has 6 heteroatoms. The molecule has 92 valence electrons. The number of aromatic nitrogens is 1. The van der Waals surface area contributed by atoms with Crippen LogP contribution in [0.5, 0.6) is 5.75 Å². The van der Waals surface area contributed by atoms with Crippen molar-refractivity contribution in [1.82, 2.24) is 4.98 Å². The Morgan fingerprint density at radius 3 is 2.65 bits per heavy atom. The number of rotatable bonds is 2. The number of hydrogen-bond acceptors (Lipinski definition) is 5. The minimum atomic E-state index is -0.755. The van der Waals surface area contributed by atoms with Crippen molar-refractivity contribution in [3.8, 4) is 5.75 Å². The lowest BCUT2D eigenvalue weighted by Gasteiger charge is -2.31. The Morgan fingerprint density at radius 1 is 1.41 bits per heavy atom. The molecule has 4 N–H and O–H groups in total. The number of nitrogens with zero attached hydrogens (tertiary/aromatic N) is 2. The minimum Gasteiger partial charge on any atom is -0.504 e. The Morgan fingerprint density at radius 2 is 2.06 bits per heavy atom. The van der Waals surface area contributed by atoms with Crippen LogP contribution in [-0.2, 0) is 4.79 Å².